The number of nitrogens with one attached hydrogen (secondary N) is 1. The van der Waals surface area contributed by atoms with Crippen molar-refractivity contribution < 1.29 is 13.2 Å². The van der Waals surface area contributed by atoms with Gasteiger partial charge in [-0.3, -0.25) is 4.57 Å². The average Bonchev–Trinajstić information content (AvgIpc) is 3.53. The SMILES string of the molecule is CCCCn1c(=O)n2cnnc2c2[nH]c(-c3cc(S(=O)(=O)N(C)C4CN(C)C4)ccc3OCCC)nc21. The van der Waals surface area contributed by atoms with Crippen LogP contribution in [0.2, 0.25) is 0 Å². The van der Waals surface area contributed by atoms with Crippen LogP contribution in [-0.4, -0.2) is 86.6 Å². The van der Waals surface area contributed by atoms with Crippen LogP contribution in [0.25, 0.3) is 28.2 Å². The number of aromatic nitrogens is 6. The second-order valence-corrected chi connectivity index (χ2v) is 11.5. The molecular formula is C24H32N8O4S. The fourth-order valence-electron chi connectivity index (χ4n) is 4.58. The number of fused-ring (bicyclic) bond motifs is 3. The molecule has 4 heterocycles. The molecule has 1 fully saturated rings. The topological polar surface area (TPSA) is 131 Å². The van der Waals surface area contributed by atoms with Gasteiger partial charge in [0.1, 0.15) is 23.4 Å². The van der Waals surface area contributed by atoms with E-state index >= 15 is 0 Å². The second kappa shape index (κ2) is 9.88. The Morgan fingerprint density at radius 3 is 2.68 bits per heavy atom. The number of aryl methyl sites for hydroxylation is 1. The molecule has 4 aromatic rings. The van der Waals surface area contributed by atoms with Crippen molar-refractivity contribution in [1.29, 1.82) is 0 Å². The number of hydrogen-bond donors (Lipinski definition) is 1. The molecule has 0 unspecified atom stereocenters. The lowest BCUT2D eigenvalue weighted by atomic mass is 10.1. The maximum absolute atomic E-state index is 13.5. The highest BCUT2D eigenvalue weighted by Crippen LogP contribution is 2.34. The number of rotatable bonds is 10. The van der Waals surface area contributed by atoms with Crippen LogP contribution in [0.1, 0.15) is 33.1 Å². The second-order valence-electron chi connectivity index (χ2n) is 9.50. The predicted octanol–water partition coefficient (Wildman–Crippen LogP) is 1.96. The Balaban J connectivity index is 1.66. The summed E-state index contributed by atoms with van der Waals surface area (Å²) < 4.78 is 37.4. The first kappa shape index (κ1) is 25.4. The molecule has 1 N–H and O–H groups in total. The van der Waals surface area contributed by atoms with E-state index in [1.54, 1.807) is 29.8 Å². The molecule has 3 aromatic heterocycles. The molecule has 0 aliphatic carbocycles. The van der Waals surface area contributed by atoms with Gasteiger partial charge in [-0.05, 0) is 38.1 Å². The molecule has 1 aliphatic heterocycles. The summed E-state index contributed by atoms with van der Waals surface area (Å²) in [6.45, 7) is 6.37. The van der Waals surface area contributed by atoms with Crippen molar-refractivity contribution in [3.63, 3.8) is 0 Å². The minimum Gasteiger partial charge on any atom is -0.493 e. The van der Waals surface area contributed by atoms with Gasteiger partial charge in [-0.2, -0.15) is 4.31 Å². The summed E-state index contributed by atoms with van der Waals surface area (Å²) in [4.78, 5) is 23.4. The van der Waals surface area contributed by atoms with Crippen LogP contribution in [-0.2, 0) is 16.6 Å². The highest BCUT2D eigenvalue weighted by Gasteiger charge is 2.35. The van der Waals surface area contributed by atoms with E-state index in [9.17, 15) is 13.2 Å². The van der Waals surface area contributed by atoms with Gasteiger partial charge < -0.3 is 14.6 Å². The summed E-state index contributed by atoms with van der Waals surface area (Å²) in [6, 6.07) is 4.75. The Morgan fingerprint density at radius 1 is 1.19 bits per heavy atom. The molecule has 0 radical (unpaired) electrons. The van der Waals surface area contributed by atoms with E-state index in [2.05, 4.69) is 27.0 Å². The molecule has 0 amide bonds. The Kier molecular flexibility index (Phi) is 6.77. The van der Waals surface area contributed by atoms with Crippen molar-refractivity contribution in [3.8, 4) is 17.1 Å². The number of likely N-dealkylation sites (tertiary alicyclic amines) is 1. The Bertz CT molecular complexity index is 1600. The molecule has 0 atom stereocenters. The van der Waals surface area contributed by atoms with Crippen LogP contribution in [0.4, 0.5) is 0 Å². The number of imidazole rings is 1. The lowest BCUT2D eigenvalue weighted by Crippen LogP contribution is -2.57. The van der Waals surface area contributed by atoms with Crippen molar-refractivity contribution in [1.82, 2.24) is 38.3 Å². The zero-order chi connectivity index (χ0) is 26.3. The van der Waals surface area contributed by atoms with Gasteiger partial charge in [0.15, 0.2) is 11.3 Å². The van der Waals surface area contributed by atoms with Gasteiger partial charge in [0.2, 0.25) is 10.0 Å². The van der Waals surface area contributed by atoms with E-state index < -0.39 is 10.0 Å². The zero-order valence-electron chi connectivity index (χ0n) is 21.5. The maximum atomic E-state index is 13.5. The summed E-state index contributed by atoms with van der Waals surface area (Å²) in [5, 5.41) is 8.03. The Morgan fingerprint density at radius 2 is 1.97 bits per heavy atom. The number of ether oxygens (including phenoxy) is 1. The van der Waals surface area contributed by atoms with Crippen molar-refractivity contribution in [2.24, 2.45) is 0 Å². The molecule has 12 nitrogen and oxygen atoms in total. The third-order valence-electron chi connectivity index (χ3n) is 6.79. The molecule has 5 rings (SSSR count). The number of hydrogen-bond acceptors (Lipinski definition) is 8. The summed E-state index contributed by atoms with van der Waals surface area (Å²) >= 11 is 0. The van der Waals surface area contributed by atoms with E-state index in [-0.39, 0.29) is 16.6 Å². The molecule has 1 aromatic carbocycles. The third kappa shape index (κ3) is 4.40. The van der Waals surface area contributed by atoms with E-state index in [0.29, 0.717) is 60.2 Å². The van der Waals surface area contributed by atoms with Crippen LogP contribution in [0.15, 0.2) is 34.2 Å². The van der Waals surface area contributed by atoms with Crippen molar-refractivity contribution in [2.45, 2.75) is 50.6 Å². The molecule has 0 saturated carbocycles. The monoisotopic (exact) mass is 528 g/mol. The van der Waals surface area contributed by atoms with Gasteiger partial charge in [-0.15, -0.1) is 10.2 Å². The van der Waals surface area contributed by atoms with Gasteiger partial charge in [0.25, 0.3) is 0 Å². The van der Waals surface area contributed by atoms with Crippen LogP contribution in [0.5, 0.6) is 5.75 Å². The number of sulfonamides is 1. The molecule has 1 aliphatic rings. The summed E-state index contributed by atoms with van der Waals surface area (Å²) in [5.41, 5.74) is 1.58. The quantitative estimate of drug-likeness (QED) is 0.331. The lowest BCUT2D eigenvalue weighted by Gasteiger charge is -2.41. The van der Waals surface area contributed by atoms with Gasteiger partial charge in [0, 0.05) is 26.7 Å². The maximum Gasteiger partial charge on any atom is 0.336 e. The van der Waals surface area contributed by atoms with Gasteiger partial charge >= 0.3 is 5.69 Å². The summed E-state index contributed by atoms with van der Waals surface area (Å²) in [7, 11) is -0.169. The molecule has 1 saturated heterocycles. The van der Waals surface area contributed by atoms with E-state index in [4.69, 9.17) is 9.72 Å². The molecular weight excluding hydrogens is 496 g/mol. The number of H-pyrrole nitrogens is 1. The highest BCUT2D eigenvalue weighted by molar-refractivity contribution is 7.89. The van der Waals surface area contributed by atoms with Gasteiger partial charge in [-0.25, -0.2) is 22.6 Å². The van der Waals surface area contributed by atoms with Crippen LogP contribution in [0, 0.1) is 0 Å². The normalized spacial score (nSPS) is 15.2. The summed E-state index contributed by atoms with van der Waals surface area (Å²) in [5.74, 6) is 0.899. The highest BCUT2D eigenvalue weighted by atomic mass is 32.2. The van der Waals surface area contributed by atoms with Crippen molar-refractivity contribution in [2.75, 3.05) is 33.8 Å². The smallest absolute Gasteiger partial charge is 0.336 e. The van der Waals surface area contributed by atoms with Crippen LogP contribution < -0.4 is 10.4 Å². The van der Waals surface area contributed by atoms with Gasteiger partial charge in [0.05, 0.1) is 23.1 Å². The standard InChI is InChI=1S/C24H32N8O4S/c1-5-7-10-31-22-20(23-28-25-15-32(23)24(31)33)26-21(27-22)18-12-17(8-9-19(18)36-11-6-2)37(34,35)30(4)16-13-29(3)14-16/h8-9,12,15-16H,5-7,10-11,13-14H2,1-4H3,(H,26,27). The Hall–Kier alpha value is -3.29. The first-order valence-corrected chi connectivity index (χ1v) is 14.0. The minimum absolute atomic E-state index is 0.0742. The molecule has 0 bridgehead atoms. The zero-order valence-corrected chi connectivity index (χ0v) is 22.3. The van der Waals surface area contributed by atoms with Crippen molar-refractivity contribution in [3.05, 3.63) is 35.0 Å². The molecule has 13 heteroatoms. The average molecular weight is 529 g/mol. The molecule has 0 spiro atoms. The first-order valence-electron chi connectivity index (χ1n) is 12.5. The number of aromatic amines is 1. The number of benzene rings is 1. The number of nitrogens with zero attached hydrogens (tertiary/aromatic N) is 7. The molecule has 37 heavy (non-hydrogen) atoms. The van der Waals surface area contributed by atoms with Gasteiger partial charge in [-0.1, -0.05) is 20.3 Å². The van der Waals surface area contributed by atoms with Crippen LogP contribution >= 0.6 is 0 Å². The van der Waals surface area contributed by atoms with Crippen molar-refractivity contribution >= 4 is 26.8 Å². The first-order chi connectivity index (χ1) is 17.8. The van der Waals surface area contributed by atoms with E-state index in [1.807, 2.05) is 14.0 Å². The fraction of sp³-hybridized carbons (Fsp3) is 0.500. The van der Waals surface area contributed by atoms with E-state index in [0.717, 1.165) is 19.3 Å². The Labute approximate surface area is 214 Å². The van der Waals surface area contributed by atoms with Crippen LogP contribution in [0.3, 0.4) is 0 Å². The molecule has 198 valence electrons. The fourth-order valence-corrected chi connectivity index (χ4v) is 5.94. The number of unbranched alkanes of at least 4 members (excludes halogenated alkanes) is 1. The number of likely N-dealkylation sites (N-methyl/N-ethyl adjacent to an activating group) is 2. The van der Waals surface area contributed by atoms with E-state index in [1.165, 1.54) is 15.0 Å². The third-order valence-corrected chi connectivity index (χ3v) is 8.69. The summed E-state index contributed by atoms with van der Waals surface area (Å²) in [6.07, 6.45) is 3.88. The largest absolute Gasteiger partial charge is 0.493 e. The lowest BCUT2D eigenvalue weighted by molar-refractivity contribution is 0.119. The minimum atomic E-state index is -3.75. The predicted molar refractivity (Wildman–Crippen MR) is 139 cm³/mol.